The van der Waals surface area contributed by atoms with Crippen LogP contribution in [0.15, 0.2) is 36.4 Å². The summed E-state index contributed by atoms with van der Waals surface area (Å²) in [5.41, 5.74) is 1.71. The number of imide groups is 1. The number of hydrogen-bond donors (Lipinski definition) is 2. The molecule has 3 rings (SSSR count). The van der Waals surface area contributed by atoms with Crippen molar-refractivity contribution in [1.29, 1.82) is 0 Å². The summed E-state index contributed by atoms with van der Waals surface area (Å²) in [6, 6.07) is 9.91. The van der Waals surface area contributed by atoms with E-state index in [1.54, 1.807) is 30.3 Å². The van der Waals surface area contributed by atoms with Crippen LogP contribution in [0.2, 0.25) is 0 Å². The van der Waals surface area contributed by atoms with Gasteiger partial charge in [0, 0.05) is 17.5 Å². The minimum absolute atomic E-state index is 0.496. The molecule has 1 aromatic carbocycles. The van der Waals surface area contributed by atoms with Gasteiger partial charge < -0.3 is 10.1 Å². The number of esters is 1. The first-order valence-corrected chi connectivity index (χ1v) is 10.2. The third-order valence-corrected chi connectivity index (χ3v) is 6.21. The van der Waals surface area contributed by atoms with Gasteiger partial charge in [0.25, 0.3) is 5.91 Å². The van der Waals surface area contributed by atoms with Gasteiger partial charge >= 0.3 is 12.0 Å². The molecule has 2 aromatic rings. The SMILES string of the molecule is CC[C@H]1CCc2sc(C(=O)O[C@@H](C(=O)NC(=O)NC)c3ccccc3)cc2C1. The summed E-state index contributed by atoms with van der Waals surface area (Å²) >= 11 is 1.44. The number of carbonyl (C=O) groups excluding carboxylic acids is 3. The van der Waals surface area contributed by atoms with Crippen molar-refractivity contribution < 1.29 is 19.1 Å². The molecule has 1 aliphatic carbocycles. The Balaban J connectivity index is 1.79. The van der Waals surface area contributed by atoms with Crippen molar-refractivity contribution in [3.63, 3.8) is 0 Å². The van der Waals surface area contributed by atoms with E-state index in [9.17, 15) is 14.4 Å². The third kappa shape index (κ3) is 4.59. The van der Waals surface area contributed by atoms with E-state index >= 15 is 0 Å². The Hall–Kier alpha value is -2.67. The average molecular weight is 401 g/mol. The van der Waals surface area contributed by atoms with Crippen LogP contribution in [0.3, 0.4) is 0 Å². The molecule has 148 valence electrons. The maximum Gasteiger partial charge on any atom is 0.349 e. The first kappa shape index (κ1) is 20.1. The van der Waals surface area contributed by atoms with Crippen molar-refractivity contribution in [2.24, 2.45) is 5.92 Å². The van der Waals surface area contributed by atoms with E-state index in [0.29, 0.717) is 16.4 Å². The maximum absolute atomic E-state index is 12.8. The molecule has 0 fully saturated rings. The van der Waals surface area contributed by atoms with Crippen LogP contribution >= 0.6 is 11.3 Å². The predicted molar refractivity (Wildman–Crippen MR) is 107 cm³/mol. The Kier molecular flexibility index (Phi) is 6.46. The molecule has 0 aliphatic heterocycles. The summed E-state index contributed by atoms with van der Waals surface area (Å²) in [7, 11) is 1.41. The second-order valence-electron chi connectivity index (χ2n) is 6.84. The number of thiophene rings is 1. The topological polar surface area (TPSA) is 84.5 Å². The van der Waals surface area contributed by atoms with Gasteiger partial charge in [0.15, 0.2) is 0 Å². The highest BCUT2D eigenvalue weighted by molar-refractivity contribution is 7.14. The second kappa shape index (κ2) is 9.01. The highest BCUT2D eigenvalue weighted by Crippen LogP contribution is 2.34. The highest BCUT2D eigenvalue weighted by atomic mass is 32.1. The first-order valence-electron chi connectivity index (χ1n) is 9.41. The largest absolute Gasteiger partial charge is 0.443 e. The van der Waals surface area contributed by atoms with Crippen LogP contribution in [0.5, 0.6) is 0 Å². The lowest BCUT2D eigenvalue weighted by Gasteiger charge is -2.19. The summed E-state index contributed by atoms with van der Waals surface area (Å²) < 4.78 is 5.54. The lowest BCUT2D eigenvalue weighted by molar-refractivity contribution is -0.129. The van der Waals surface area contributed by atoms with Gasteiger partial charge in [-0.15, -0.1) is 11.3 Å². The van der Waals surface area contributed by atoms with Gasteiger partial charge in [0.2, 0.25) is 6.10 Å². The van der Waals surface area contributed by atoms with Crippen LogP contribution in [0.4, 0.5) is 4.79 Å². The van der Waals surface area contributed by atoms with Gasteiger partial charge in [-0.3, -0.25) is 10.1 Å². The van der Waals surface area contributed by atoms with Gasteiger partial charge in [0.1, 0.15) is 4.88 Å². The molecule has 2 N–H and O–H groups in total. The van der Waals surface area contributed by atoms with Crippen molar-refractivity contribution in [1.82, 2.24) is 10.6 Å². The molecule has 0 saturated heterocycles. The molecule has 1 aromatic heterocycles. The van der Waals surface area contributed by atoms with Crippen LogP contribution in [-0.4, -0.2) is 25.0 Å². The highest BCUT2D eigenvalue weighted by Gasteiger charge is 2.29. The molecule has 0 bridgehead atoms. The number of ether oxygens (including phenoxy) is 1. The average Bonchev–Trinajstić information content (AvgIpc) is 3.15. The monoisotopic (exact) mass is 400 g/mol. The number of rotatable bonds is 5. The fourth-order valence-corrected chi connectivity index (χ4v) is 4.45. The van der Waals surface area contributed by atoms with E-state index in [4.69, 9.17) is 4.74 Å². The number of urea groups is 1. The molecule has 0 saturated carbocycles. The Bertz CT molecular complexity index is 863. The minimum atomic E-state index is -1.20. The Morgan fingerprint density at radius 1 is 1.25 bits per heavy atom. The number of hydrogen-bond acceptors (Lipinski definition) is 5. The molecule has 2 atom stereocenters. The normalized spacial score (nSPS) is 16.6. The summed E-state index contributed by atoms with van der Waals surface area (Å²) in [6.45, 7) is 2.19. The summed E-state index contributed by atoms with van der Waals surface area (Å²) in [5.74, 6) is -0.582. The van der Waals surface area contributed by atoms with Crippen LogP contribution in [0, 0.1) is 5.92 Å². The van der Waals surface area contributed by atoms with Crippen LogP contribution < -0.4 is 10.6 Å². The summed E-state index contributed by atoms with van der Waals surface area (Å²) in [4.78, 5) is 38.5. The van der Waals surface area contributed by atoms with Gasteiger partial charge in [-0.2, -0.15) is 0 Å². The Morgan fingerprint density at radius 3 is 2.68 bits per heavy atom. The number of amides is 3. The van der Waals surface area contributed by atoms with Crippen LogP contribution in [-0.2, 0) is 22.4 Å². The van der Waals surface area contributed by atoms with E-state index in [-0.39, 0.29) is 0 Å². The van der Waals surface area contributed by atoms with Crippen LogP contribution in [0.1, 0.15) is 51.5 Å². The predicted octanol–water partition coefficient (Wildman–Crippen LogP) is 3.62. The maximum atomic E-state index is 12.8. The number of benzene rings is 1. The molecule has 7 heteroatoms. The molecular weight excluding hydrogens is 376 g/mol. The zero-order valence-corrected chi connectivity index (χ0v) is 16.8. The molecule has 6 nitrogen and oxygen atoms in total. The molecule has 0 radical (unpaired) electrons. The van der Waals surface area contributed by atoms with Crippen molar-refractivity contribution in [2.75, 3.05) is 7.05 Å². The second-order valence-corrected chi connectivity index (χ2v) is 7.98. The zero-order valence-electron chi connectivity index (χ0n) is 16.0. The van der Waals surface area contributed by atoms with Gasteiger partial charge in [0.05, 0.1) is 0 Å². The summed E-state index contributed by atoms with van der Waals surface area (Å²) in [5, 5.41) is 4.51. The fraction of sp³-hybridized carbons (Fsp3) is 0.381. The molecule has 1 aliphatic rings. The number of carbonyl (C=O) groups is 3. The smallest absolute Gasteiger partial charge is 0.349 e. The Morgan fingerprint density at radius 2 is 2.00 bits per heavy atom. The number of fused-ring (bicyclic) bond motifs is 1. The van der Waals surface area contributed by atoms with E-state index in [1.165, 1.54) is 28.8 Å². The van der Waals surface area contributed by atoms with E-state index in [1.807, 2.05) is 6.07 Å². The third-order valence-electron chi connectivity index (χ3n) is 4.99. The minimum Gasteiger partial charge on any atom is -0.443 e. The standard InChI is InChI=1S/C21H24N2O4S/c1-3-13-9-10-16-15(11-13)12-17(28-16)20(25)27-18(14-7-5-4-6-8-14)19(24)23-21(26)22-2/h4-8,12-13,18H,3,9-11H2,1-2H3,(H2,22,23,24,26)/t13-,18+/m0/s1. The first-order chi connectivity index (χ1) is 13.5. The van der Waals surface area contributed by atoms with Crippen LogP contribution in [0.25, 0.3) is 0 Å². The van der Waals surface area contributed by atoms with Crippen molar-refractivity contribution in [2.45, 2.75) is 38.7 Å². The van der Waals surface area contributed by atoms with Gasteiger partial charge in [-0.1, -0.05) is 43.7 Å². The van der Waals surface area contributed by atoms with E-state index < -0.39 is 24.0 Å². The Labute approximate surface area is 168 Å². The fourth-order valence-electron chi connectivity index (χ4n) is 3.35. The molecular formula is C21H24N2O4S. The zero-order chi connectivity index (χ0) is 20.1. The molecule has 28 heavy (non-hydrogen) atoms. The van der Waals surface area contributed by atoms with Gasteiger partial charge in [-0.25, -0.2) is 9.59 Å². The molecule has 0 spiro atoms. The quantitative estimate of drug-likeness (QED) is 0.751. The van der Waals surface area contributed by atoms with Crippen molar-refractivity contribution in [3.8, 4) is 0 Å². The lowest BCUT2D eigenvalue weighted by atomic mass is 9.87. The van der Waals surface area contributed by atoms with E-state index in [2.05, 4.69) is 17.6 Å². The molecule has 0 unspecified atom stereocenters. The van der Waals surface area contributed by atoms with E-state index in [0.717, 1.165) is 25.7 Å². The molecule has 1 heterocycles. The number of nitrogens with one attached hydrogen (secondary N) is 2. The van der Waals surface area contributed by atoms with Crippen molar-refractivity contribution >= 4 is 29.2 Å². The summed E-state index contributed by atoms with van der Waals surface area (Å²) in [6.07, 6.45) is 3.03. The lowest BCUT2D eigenvalue weighted by Crippen LogP contribution is -2.41. The van der Waals surface area contributed by atoms with Gasteiger partial charge in [-0.05, 0) is 36.8 Å². The number of aryl methyl sites for hydroxylation is 1. The van der Waals surface area contributed by atoms with Crippen molar-refractivity contribution in [3.05, 3.63) is 57.3 Å². The molecule has 3 amide bonds.